The SMILES string of the molecule is CCNc1ccc([N+](=O)[O-])c(C(=O)NCC2CCOC2)c1. The van der Waals surface area contributed by atoms with Crippen LogP contribution in [0.2, 0.25) is 0 Å². The molecule has 1 amide bonds. The molecule has 0 aliphatic carbocycles. The highest BCUT2D eigenvalue weighted by Gasteiger charge is 2.22. The predicted molar refractivity (Wildman–Crippen MR) is 78.5 cm³/mol. The molecular formula is C14H19N3O4. The van der Waals surface area contributed by atoms with Gasteiger partial charge in [-0.05, 0) is 25.5 Å². The molecule has 2 rings (SSSR count). The van der Waals surface area contributed by atoms with Gasteiger partial charge in [0, 0.05) is 37.4 Å². The number of carbonyl (C=O) groups is 1. The number of amides is 1. The lowest BCUT2D eigenvalue weighted by molar-refractivity contribution is -0.385. The van der Waals surface area contributed by atoms with Crippen LogP contribution in [0.5, 0.6) is 0 Å². The fraction of sp³-hybridized carbons (Fsp3) is 0.500. The van der Waals surface area contributed by atoms with E-state index >= 15 is 0 Å². The second kappa shape index (κ2) is 7.03. The van der Waals surface area contributed by atoms with E-state index in [-0.39, 0.29) is 17.2 Å². The molecule has 0 aromatic heterocycles. The van der Waals surface area contributed by atoms with Crippen LogP contribution in [0.3, 0.4) is 0 Å². The molecule has 0 spiro atoms. The fourth-order valence-electron chi connectivity index (χ4n) is 2.27. The van der Waals surface area contributed by atoms with Crippen LogP contribution in [0.25, 0.3) is 0 Å². The number of carbonyl (C=O) groups excluding carboxylic acids is 1. The Labute approximate surface area is 122 Å². The summed E-state index contributed by atoms with van der Waals surface area (Å²) in [6.07, 6.45) is 0.903. The molecule has 1 atom stereocenters. The van der Waals surface area contributed by atoms with Crippen LogP contribution in [0.15, 0.2) is 18.2 Å². The van der Waals surface area contributed by atoms with Gasteiger partial charge in [0.25, 0.3) is 11.6 Å². The van der Waals surface area contributed by atoms with Crippen molar-refractivity contribution in [2.24, 2.45) is 5.92 Å². The summed E-state index contributed by atoms with van der Waals surface area (Å²) in [5, 5.41) is 16.8. The Bertz CT molecular complexity index is 527. The molecule has 1 aromatic rings. The van der Waals surface area contributed by atoms with Gasteiger partial charge in [-0.15, -0.1) is 0 Å². The molecule has 1 heterocycles. The van der Waals surface area contributed by atoms with Crippen molar-refractivity contribution in [2.75, 3.05) is 31.6 Å². The summed E-state index contributed by atoms with van der Waals surface area (Å²) < 4.78 is 5.24. The molecule has 1 saturated heterocycles. The highest BCUT2D eigenvalue weighted by atomic mass is 16.6. The van der Waals surface area contributed by atoms with Gasteiger partial charge in [0.1, 0.15) is 5.56 Å². The summed E-state index contributed by atoms with van der Waals surface area (Å²) in [5.41, 5.74) is 0.589. The number of ether oxygens (including phenoxy) is 1. The van der Waals surface area contributed by atoms with Crippen LogP contribution in [0.1, 0.15) is 23.7 Å². The van der Waals surface area contributed by atoms with Crippen LogP contribution in [-0.2, 0) is 4.74 Å². The fourth-order valence-corrected chi connectivity index (χ4v) is 2.27. The van der Waals surface area contributed by atoms with E-state index in [9.17, 15) is 14.9 Å². The van der Waals surface area contributed by atoms with Crippen molar-refractivity contribution in [2.45, 2.75) is 13.3 Å². The number of nitro groups is 1. The van der Waals surface area contributed by atoms with E-state index in [1.807, 2.05) is 6.92 Å². The van der Waals surface area contributed by atoms with Crippen molar-refractivity contribution >= 4 is 17.3 Å². The highest BCUT2D eigenvalue weighted by Crippen LogP contribution is 2.23. The van der Waals surface area contributed by atoms with Crippen LogP contribution in [0, 0.1) is 16.0 Å². The molecule has 2 N–H and O–H groups in total. The minimum Gasteiger partial charge on any atom is -0.385 e. The van der Waals surface area contributed by atoms with Gasteiger partial charge in [0.05, 0.1) is 11.5 Å². The number of benzene rings is 1. The Hall–Kier alpha value is -2.15. The number of anilines is 1. The van der Waals surface area contributed by atoms with Crippen molar-refractivity contribution in [1.29, 1.82) is 0 Å². The second-order valence-corrected chi connectivity index (χ2v) is 4.96. The summed E-state index contributed by atoms with van der Waals surface area (Å²) in [6.45, 7) is 4.40. The van der Waals surface area contributed by atoms with E-state index < -0.39 is 10.8 Å². The quantitative estimate of drug-likeness (QED) is 0.616. The summed E-state index contributed by atoms with van der Waals surface area (Å²) in [6, 6.07) is 4.47. The standard InChI is InChI=1S/C14H19N3O4/c1-2-15-11-3-4-13(17(19)20)12(7-11)14(18)16-8-10-5-6-21-9-10/h3-4,7,10,15H,2,5-6,8-9H2,1H3,(H,16,18). The van der Waals surface area contributed by atoms with E-state index in [4.69, 9.17) is 4.74 Å². The zero-order chi connectivity index (χ0) is 15.2. The minimum absolute atomic E-state index is 0.0809. The predicted octanol–water partition coefficient (Wildman–Crippen LogP) is 1.79. The zero-order valence-electron chi connectivity index (χ0n) is 11.9. The summed E-state index contributed by atoms with van der Waals surface area (Å²) in [5.74, 6) is -0.140. The average Bonchev–Trinajstić information content (AvgIpc) is 2.98. The highest BCUT2D eigenvalue weighted by molar-refractivity contribution is 5.99. The minimum atomic E-state index is -0.538. The Balaban J connectivity index is 2.12. The molecule has 1 fully saturated rings. The molecule has 1 unspecified atom stereocenters. The summed E-state index contributed by atoms with van der Waals surface area (Å²) >= 11 is 0. The molecule has 1 aromatic carbocycles. The molecule has 114 valence electrons. The summed E-state index contributed by atoms with van der Waals surface area (Å²) in [4.78, 5) is 22.7. The summed E-state index contributed by atoms with van der Waals surface area (Å²) in [7, 11) is 0. The normalized spacial score (nSPS) is 17.5. The van der Waals surface area contributed by atoms with Crippen molar-refractivity contribution in [3.05, 3.63) is 33.9 Å². The average molecular weight is 293 g/mol. The smallest absolute Gasteiger partial charge is 0.282 e. The maximum atomic E-state index is 12.2. The molecule has 21 heavy (non-hydrogen) atoms. The van der Waals surface area contributed by atoms with E-state index in [0.717, 1.165) is 6.42 Å². The van der Waals surface area contributed by atoms with Crippen LogP contribution in [-0.4, -0.2) is 37.1 Å². The van der Waals surface area contributed by atoms with E-state index in [0.29, 0.717) is 32.0 Å². The Morgan fingerprint density at radius 2 is 2.33 bits per heavy atom. The molecule has 0 bridgehead atoms. The van der Waals surface area contributed by atoms with Gasteiger partial charge >= 0.3 is 0 Å². The molecule has 0 saturated carbocycles. The molecule has 1 aliphatic heterocycles. The molecule has 7 nitrogen and oxygen atoms in total. The van der Waals surface area contributed by atoms with E-state index in [1.165, 1.54) is 12.1 Å². The molecule has 7 heteroatoms. The van der Waals surface area contributed by atoms with Crippen LogP contribution in [0.4, 0.5) is 11.4 Å². The number of hydrogen-bond acceptors (Lipinski definition) is 5. The topological polar surface area (TPSA) is 93.5 Å². The lowest BCUT2D eigenvalue weighted by atomic mass is 10.1. The molecule has 1 aliphatic rings. The number of nitrogens with one attached hydrogen (secondary N) is 2. The Kier molecular flexibility index (Phi) is 5.10. The molecule has 0 radical (unpaired) electrons. The Morgan fingerprint density at radius 1 is 1.52 bits per heavy atom. The maximum Gasteiger partial charge on any atom is 0.282 e. The van der Waals surface area contributed by atoms with Crippen molar-refractivity contribution in [1.82, 2.24) is 5.32 Å². The van der Waals surface area contributed by atoms with E-state index in [2.05, 4.69) is 10.6 Å². The number of nitrogens with zero attached hydrogens (tertiary/aromatic N) is 1. The Morgan fingerprint density at radius 3 is 2.95 bits per heavy atom. The first-order chi connectivity index (χ1) is 10.1. The van der Waals surface area contributed by atoms with Gasteiger partial charge in [-0.3, -0.25) is 14.9 Å². The van der Waals surface area contributed by atoms with Gasteiger partial charge in [0.15, 0.2) is 0 Å². The van der Waals surface area contributed by atoms with Gasteiger partial charge in [0.2, 0.25) is 0 Å². The number of nitro benzene ring substituents is 1. The van der Waals surface area contributed by atoms with Crippen LogP contribution >= 0.6 is 0 Å². The first kappa shape index (κ1) is 15.2. The third-order valence-corrected chi connectivity index (χ3v) is 3.39. The number of rotatable bonds is 6. The number of hydrogen-bond donors (Lipinski definition) is 2. The van der Waals surface area contributed by atoms with Crippen molar-refractivity contribution < 1.29 is 14.5 Å². The third-order valence-electron chi connectivity index (χ3n) is 3.39. The lowest BCUT2D eigenvalue weighted by Crippen LogP contribution is -2.30. The van der Waals surface area contributed by atoms with Gasteiger partial charge in [-0.25, -0.2) is 0 Å². The van der Waals surface area contributed by atoms with Gasteiger partial charge < -0.3 is 15.4 Å². The maximum absolute atomic E-state index is 12.2. The van der Waals surface area contributed by atoms with Crippen molar-refractivity contribution in [3.8, 4) is 0 Å². The zero-order valence-corrected chi connectivity index (χ0v) is 11.9. The third kappa shape index (κ3) is 3.91. The van der Waals surface area contributed by atoms with Crippen LogP contribution < -0.4 is 10.6 Å². The lowest BCUT2D eigenvalue weighted by Gasteiger charge is -2.11. The second-order valence-electron chi connectivity index (χ2n) is 4.96. The molecular weight excluding hydrogens is 274 g/mol. The first-order valence-corrected chi connectivity index (χ1v) is 7.00. The van der Waals surface area contributed by atoms with Gasteiger partial charge in [-0.2, -0.15) is 0 Å². The van der Waals surface area contributed by atoms with Gasteiger partial charge in [-0.1, -0.05) is 0 Å². The van der Waals surface area contributed by atoms with Crippen molar-refractivity contribution in [3.63, 3.8) is 0 Å². The largest absolute Gasteiger partial charge is 0.385 e. The monoisotopic (exact) mass is 293 g/mol. The van der Waals surface area contributed by atoms with E-state index in [1.54, 1.807) is 6.07 Å². The first-order valence-electron chi connectivity index (χ1n) is 7.00.